The van der Waals surface area contributed by atoms with Crippen LogP contribution in [0.2, 0.25) is 0 Å². The maximum atomic E-state index is 12.4. The molecular formula is C20H30N2O6S. The normalized spacial score (nSPS) is 15.2. The number of hydrogen-bond acceptors (Lipinski definition) is 7. The van der Waals surface area contributed by atoms with E-state index in [0.717, 1.165) is 0 Å². The summed E-state index contributed by atoms with van der Waals surface area (Å²) >= 11 is 0. The Morgan fingerprint density at radius 3 is 2.38 bits per heavy atom. The Kier molecular flexibility index (Phi) is 8.45. The van der Waals surface area contributed by atoms with Crippen LogP contribution in [0.1, 0.15) is 30.1 Å². The summed E-state index contributed by atoms with van der Waals surface area (Å²) in [4.78, 5) is 27.7. The van der Waals surface area contributed by atoms with Gasteiger partial charge in [0.25, 0.3) is 0 Å². The van der Waals surface area contributed by atoms with Crippen molar-refractivity contribution in [2.45, 2.75) is 19.8 Å². The molecule has 29 heavy (non-hydrogen) atoms. The van der Waals surface area contributed by atoms with Gasteiger partial charge in [-0.3, -0.25) is 14.5 Å². The van der Waals surface area contributed by atoms with E-state index in [0.29, 0.717) is 69.2 Å². The number of amides is 1. The molecule has 162 valence electrons. The average molecular weight is 427 g/mol. The van der Waals surface area contributed by atoms with Crippen molar-refractivity contribution in [3.05, 3.63) is 23.8 Å². The molecule has 0 N–H and O–H groups in total. The van der Waals surface area contributed by atoms with E-state index >= 15 is 0 Å². The second kappa shape index (κ2) is 10.6. The van der Waals surface area contributed by atoms with E-state index in [4.69, 9.17) is 9.47 Å². The second-order valence-corrected chi connectivity index (χ2v) is 9.49. The molecule has 1 aromatic carbocycles. The average Bonchev–Trinajstić information content (AvgIpc) is 2.69. The van der Waals surface area contributed by atoms with E-state index < -0.39 is 9.84 Å². The lowest BCUT2D eigenvalue weighted by Gasteiger charge is -2.34. The summed E-state index contributed by atoms with van der Waals surface area (Å²) in [6, 6.07) is 5.04. The minimum Gasteiger partial charge on any atom is -0.493 e. The number of rotatable bonds is 10. The molecule has 8 nitrogen and oxygen atoms in total. The van der Waals surface area contributed by atoms with Crippen LogP contribution in [0.4, 0.5) is 0 Å². The summed E-state index contributed by atoms with van der Waals surface area (Å²) in [6.07, 6.45) is 2.20. The number of methoxy groups -OCH3 is 1. The summed E-state index contributed by atoms with van der Waals surface area (Å²) in [7, 11) is -1.45. The predicted molar refractivity (Wildman–Crippen MR) is 110 cm³/mol. The van der Waals surface area contributed by atoms with E-state index in [9.17, 15) is 18.0 Å². The standard InChI is InChI=1S/C20H30N2O6S/c1-16(23)17-6-7-18(19(15-17)27-2)28-13-4-5-20(24)22-10-8-21(9-11-22)12-14-29(3,25)26/h6-7,15H,4-5,8-14H2,1-3H3. The van der Waals surface area contributed by atoms with Crippen LogP contribution < -0.4 is 9.47 Å². The molecular weight excluding hydrogens is 396 g/mol. The number of carbonyl (C=O) groups excluding carboxylic acids is 2. The molecule has 0 aliphatic carbocycles. The fourth-order valence-electron chi connectivity index (χ4n) is 3.09. The first-order valence-corrected chi connectivity index (χ1v) is 11.8. The van der Waals surface area contributed by atoms with Gasteiger partial charge in [-0.25, -0.2) is 8.42 Å². The van der Waals surface area contributed by atoms with E-state index in [-0.39, 0.29) is 17.4 Å². The molecule has 0 spiro atoms. The molecule has 0 atom stereocenters. The van der Waals surface area contributed by atoms with Crippen LogP contribution in [0.25, 0.3) is 0 Å². The highest BCUT2D eigenvalue weighted by atomic mass is 32.2. The molecule has 1 amide bonds. The van der Waals surface area contributed by atoms with Gasteiger partial charge in [-0.05, 0) is 31.5 Å². The number of ether oxygens (including phenoxy) is 2. The minimum atomic E-state index is -2.96. The first kappa shape index (κ1) is 23.2. The number of sulfone groups is 1. The maximum Gasteiger partial charge on any atom is 0.222 e. The van der Waals surface area contributed by atoms with Gasteiger partial charge in [-0.15, -0.1) is 0 Å². The Bertz CT molecular complexity index is 816. The van der Waals surface area contributed by atoms with Crippen molar-refractivity contribution in [3.8, 4) is 11.5 Å². The predicted octanol–water partition coefficient (Wildman–Crippen LogP) is 1.25. The molecule has 9 heteroatoms. The number of nitrogens with zero attached hydrogens (tertiary/aromatic N) is 2. The van der Waals surface area contributed by atoms with Crippen molar-refractivity contribution in [1.29, 1.82) is 0 Å². The van der Waals surface area contributed by atoms with Crippen LogP contribution in [0.15, 0.2) is 18.2 Å². The van der Waals surface area contributed by atoms with Crippen molar-refractivity contribution in [2.75, 3.05) is 58.4 Å². The van der Waals surface area contributed by atoms with Crippen LogP contribution in [0.5, 0.6) is 11.5 Å². The molecule has 1 aromatic rings. The van der Waals surface area contributed by atoms with E-state index in [2.05, 4.69) is 4.90 Å². The van der Waals surface area contributed by atoms with Gasteiger partial charge in [0.05, 0.1) is 19.5 Å². The first-order valence-electron chi connectivity index (χ1n) is 9.69. The first-order chi connectivity index (χ1) is 13.7. The van der Waals surface area contributed by atoms with E-state index in [1.54, 1.807) is 18.2 Å². The highest BCUT2D eigenvalue weighted by Gasteiger charge is 2.21. The van der Waals surface area contributed by atoms with Crippen molar-refractivity contribution >= 4 is 21.5 Å². The molecule has 1 aliphatic heterocycles. The highest BCUT2D eigenvalue weighted by Crippen LogP contribution is 2.28. The molecule has 0 saturated carbocycles. The topological polar surface area (TPSA) is 93.2 Å². The van der Waals surface area contributed by atoms with Crippen LogP contribution in [0, 0.1) is 0 Å². The van der Waals surface area contributed by atoms with Crippen molar-refractivity contribution in [1.82, 2.24) is 9.80 Å². The number of hydrogen-bond donors (Lipinski definition) is 0. The zero-order valence-electron chi connectivity index (χ0n) is 17.3. The largest absolute Gasteiger partial charge is 0.493 e. The Labute approximate surface area is 172 Å². The van der Waals surface area contributed by atoms with Gasteiger partial charge in [-0.1, -0.05) is 0 Å². The zero-order chi connectivity index (χ0) is 21.4. The molecule has 0 radical (unpaired) electrons. The minimum absolute atomic E-state index is 0.0446. The molecule has 2 rings (SSSR count). The van der Waals surface area contributed by atoms with Crippen LogP contribution in [-0.4, -0.2) is 88.4 Å². The molecule has 1 heterocycles. The fraction of sp³-hybridized carbons (Fsp3) is 0.600. The summed E-state index contributed by atoms with van der Waals surface area (Å²) < 4.78 is 33.5. The zero-order valence-corrected chi connectivity index (χ0v) is 18.2. The van der Waals surface area contributed by atoms with Crippen molar-refractivity contribution < 1.29 is 27.5 Å². The van der Waals surface area contributed by atoms with Crippen molar-refractivity contribution in [2.24, 2.45) is 0 Å². The number of piperazine rings is 1. The van der Waals surface area contributed by atoms with E-state index in [1.165, 1.54) is 20.3 Å². The lowest BCUT2D eigenvalue weighted by Crippen LogP contribution is -2.49. The highest BCUT2D eigenvalue weighted by molar-refractivity contribution is 7.90. The van der Waals surface area contributed by atoms with Gasteiger partial charge >= 0.3 is 0 Å². The summed E-state index contributed by atoms with van der Waals surface area (Å²) in [5.74, 6) is 1.22. The Morgan fingerprint density at radius 2 is 1.79 bits per heavy atom. The Morgan fingerprint density at radius 1 is 1.10 bits per heavy atom. The summed E-state index contributed by atoms with van der Waals surface area (Å²) in [5.41, 5.74) is 0.556. The third-order valence-corrected chi connectivity index (χ3v) is 5.79. The smallest absolute Gasteiger partial charge is 0.222 e. The van der Waals surface area contributed by atoms with Gasteiger partial charge in [0.15, 0.2) is 17.3 Å². The molecule has 1 fully saturated rings. The summed E-state index contributed by atoms with van der Waals surface area (Å²) in [5, 5.41) is 0. The van der Waals surface area contributed by atoms with Gasteiger partial charge in [0.1, 0.15) is 9.84 Å². The number of benzene rings is 1. The number of Topliss-reactive ketones (excluding diaryl/α,β-unsaturated/α-hetero) is 1. The molecule has 1 aliphatic rings. The molecule has 0 aromatic heterocycles. The van der Waals surface area contributed by atoms with Gasteiger partial charge in [0, 0.05) is 51.0 Å². The fourth-order valence-corrected chi connectivity index (χ4v) is 3.68. The van der Waals surface area contributed by atoms with Gasteiger partial charge in [0.2, 0.25) is 5.91 Å². The van der Waals surface area contributed by atoms with Crippen molar-refractivity contribution in [3.63, 3.8) is 0 Å². The quantitative estimate of drug-likeness (QED) is 0.410. The molecule has 1 saturated heterocycles. The Hall–Kier alpha value is -2.13. The molecule has 0 bridgehead atoms. The number of carbonyl (C=O) groups is 2. The number of ketones is 1. The SMILES string of the molecule is COc1cc(C(C)=O)ccc1OCCCC(=O)N1CCN(CCS(C)(=O)=O)CC1. The molecule has 0 unspecified atom stereocenters. The van der Waals surface area contributed by atoms with Crippen LogP contribution in [-0.2, 0) is 14.6 Å². The lowest BCUT2D eigenvalue weighted by molar-refractivity contribution is -0.133. The monoisotopic (exact) mass is 426 g/mol. The lowest BCUT2D eigenvalue weighted by atomic mass is 10.1. The third kappa shape index (κ3) is 7.66. The summed E-state index contributed by atoms with van der Waals surface area (Å²) in [6.45, 7) is 4.99. The van der Waals surface area contributed by atoms with Crippen LogP contribution in [0.3, 0.4) is 0 Å². The second-order valence-electron chi connectivity index (χ2n) is 7.23. The van der Waals surface area contributed by atoms with Gasteiger partial charge < -0.3 is 14.4 Å². The third-order valence-electron chi connectivity index (χ3n) is 4.87. The maximum absolute atomic E-state index is 12.4. The van der Waals surface area contributed by atoms with Crippen LogP contribution >= 0.6 is 0 Å². The van der Waals surface area contributed by atoms with Gasteiger partial charge in [-0.2, -0.15) is 0 Å². The Balaban J connectivity index is 1.71. The van der Waals surface area contributed by atoms with E-state index in [1.807, 2.05) is 4.90 Å².